The molecule has 0 fully saturated rings. The Morgan fingerprint density at radius 3 is 2.46 bits per heavy atom. The molecule has 28 heavy (non-hydrogen) atoms. The molecule has 150 valence electrons. The highest BCUT2D eigenvalue weighted by Gasteiger charge is 2.06. The first-order chi connectivity index (χ1) is 13.7. The van der Waals surface area contributed by atoms with Crippen LogP contribution < -0.4 is 20.7 Å². The quantitative estimate of drug-likeness (QED) is 0.460. The van der Waals surface area contributed by atoms with Crippen LogP contribution in [0.1, 0.15) is 34.8 Å². The predicted octanol–water partition coefficient (Wildman–Crippen LogP) is 2.74. The Balaban J connectivity index is 1.80. The molecule has 0 aliphatic rings. The van der Waals surface area contributed by atoms with Crippen molar-refractivity contribution in [2.75, 3.05) is 27.2 Å². The molecule has 0 unspecified atom stereocenters. The van der Waals surface area contributed by atoms with Crippen molar-refractivity contribution in [3.05, 3.63) is 65.2 Å². The standard InChI is InChI=1S/C22H30N4O2/c1-4-13-24-21(27)19-7-5-6-18(15-19)16-26-22(23-2)25-14-12-17-8-10-20(28-3)11-9-17/h5-11,15H,4,12-14,16H2,1-3H3,(H,24,27)(H2,23,25,26). The minimum atomic E-state index is -0.0364. The van der Waals surface area contributed by atoms with Crippen LogP contribution in [0.5, 0.6) is 5.75 Å². The van der Waals surface area contributed by atoms with Crippen LogP contribution in [0.4, 0.5) is 0 Å². The van der Waals surface area contributed by atoms with Gasteiger partial charge in [-0.05, 0) is 48.2 Å². The van der Waals surface area contributed by atoms with Crippen molar-refractivity contribution in [1.29, 1.82) is 0 Å². The van der Waals surface area contributed by atoms with Gasteiger partial charge in [0.25, 0.3) is 5.91 Å². The van der Waals surface area contributed by atoms with Gasteiger partial charge in [-0.15, -0.1) is 0 Å². The zero-order valence-electron chi connectivity index (χ0n) is 16.9. The van der Waals surface area contributed by atoms with Gasteiger partial charge in [-0.2, -0.15) is 0 Å². The topological polar surface area (TPSA) is 74.8 Å². The number of hydrogen-bond donors (Lipinski definition) is 3. The van der Waals surface area contributed by atoms with Crippen LogP contribution in [0.2, 0.25) is 0 Å². The second-order valence-corrected chi connectivity index (χ2v) is 6.41. The number of aliphatic imine (C=N–C) groups is 1. The van der Waals surface area contributed by atoms with Crippen LogP contribution in [0.25, 0.3) is 0 Å². The second-order valence-electron chi connectivity index (χ2n) is 6.41. The highest BCUT2D eigenvalue weighted by molar-refractivity contribution is 5.94. The Morgan fingerprint density at radius 2 is 1.79 bits per heavy atom. The fourth-order valence-corrected chi connectivity index (χ4v) is 2.69. The molecule has 0 atom stereocenters. The van der Waals surface area contributed by atoms with E-state index in [0.717, 1.165) is 36.7 Å². The fourth-order valence-electron chi connectivity index (χ4n) is 2.69. The molecule has 2 aromatic carbocycles. The third-order valence-electron chi connectivity index (χ3n) is 4.27. The number of carbonyl (C=O) groups excluding carboxylic acids is 1. The molecule has 1 amide bonds. The monoisotopic (exact) mass is 382 g/mol. The van der Waals surface area contributed by atoms with Crippen LogP contribution >= 0.6 is 0 Å². The van der Waals surface area contributed by atoms with Crippen molar-refractivity contribution < 1.29 is 9.53 Å². The van der Waals surface area contributed by atoms with Gasteiger partial charge in [0, 0.05) is 32.2 Å². The van der Waals surface area contributed by atoms with Gasteiger partial charge in [-0.25, -0.2) is 0 Å². The summed E-state index contributed by atoms with van der Waals surface area (Å²) in [5, 5.41) is 9.50. The number of nitrogens with one attached hydrogen (secondary N) is 3. The Labute approximate surface area is 167 Å². The maximum Gasteiger partial charge on any atom is 0.251 e. The van der Waals surface area contributed by atoms with Gasteiger partial charge in [-0.1, -0.05) is 31.2 Å². The molecule has 0 aliphatic carbocycles. The Morgan fingerprint density at radius 1 is 1.00 bits per heavy atom. The summed E-state index contributed by atoms with van der Waals surface area (Å²) in [5.74, 6) is 1.56. The van der Waals surface area contributed by atoms with Crippen LogP contribution in [-0.4, -0.2) is 39.1 Å². The van der Waals surface area contributed by atoms with E-state index in [1.54, 1.807) is 14.2 Å². The van der Waals surface area contributed by atoms with E-state index in [0.29, 0.717) is 18.7 Å². The minimum absolute atomic E-state index is 0.0364. The first-order valence-corrected chi connectivity index (χ1v) is 9.60. The van der Waals surface area contributed by atoms with Crippen molar-refractivity contribution in [1.82, 2.24) is 16.0 Å². The van der Waals surface area contributed by atoms with E-state index in [-0.39, 0.29) is 5.91 Å². The van der Waals surface area contributed by atoms with E-state index in [4.69, 9.17) is 4.74 Å². The first kappa shape index (κ1) is 21.3. The maximum atomic E-state index is 12.1. The fraction of sp³-hybridized carbons (Fsp3) is 0.364. The molecule has 0 saturated heterocycles. The van der Waals surface area contributed by atoms with Crippen LogP contribution in [0, 0.1) is 0 Å². The van der Waals surface area contributed by atoms with Crippen molar-refractivity contribution in [2.45, 2.75) is 26.3 Å². The average Bonchev–Trinajstić information content (AvgIpc) is 2.75. The van der Waals surface area contributed by atoms with E-state index in [2.05, 4.69) is 33.1 Å². The third kappa shape index (κ3) is 6.95. The van der Waals surface area contributed by atoms with Gasteiger partial charge in [-0.3, -0.25) is 9.79 Å². The van der Waals surface area contributed by atoms with Gasteiger partial charge < -0.3 is 20.7 Å². The maximum absolute atomic E-state index is 12.1. The van der Waals surface area contributed by atoms with Crippen LogP contribution in [0.15, 0.2) is 53.5 Å². The number of nitrogens with zero attached hydrogens (tertiary/aromatic N) is 1. The van der Waals surface area contributed by atoms with Crippen molar-refractivity contribution in [3.63, 3.8) is 0 Å². The Bertz CT molecular complexity index is 772. The highest BCUT2D eigenvalue weighted by atomic mass is 16.5. The molecule has 0 aliphatic heterocycles. The van der Waals surface area contributed by atoms with E-state index in [9.17, 15) is 4.79 Å². The van der Waals surface area contributed by atoms with Crippen molar-refractivity contribution >= 4 is 11.9 Å². The molecular weight excluding hydrogens is 352 g/mol. The van der Waals surface area contributed by atoms with Crippen molar-refractivity contribution in [2.24, 2.45) is 4.99 Å². The number of carbonyl (C=O) groups is 1. The lowest BCUT2D eigenvalue weighted by Gasteiger charge is -2.13. The Kier molecular flexibility index (Phi) is 8.85. The molecule has 6 heteroatoms. The summed E-state index contributed by atoms with van der Waals surface area (Å²) in [6, 6.07) is 15.7. The summed E-state index contributed by atoms with van der Waals surface area (Å²) in [4.78, 5) is 16.3. The average molecular weight is 383 g/mol. The van der Waals surface area contributed by atoms with E-state index >= 15 is 0 Å². The summed E-state index contributed by atoms with van der Waals surface area (Å²) in [5.41, 5.74) is 2.94. The number of hydrogen-bond acceptors (Lipinski definition) is 3. The molecule has 0 radical (unpaired) electrons. The molecule has 0 saturated carbocycles. The number of amides is 1. The molecular formula is C22H30N4O2. The van der Waals surface area contributed by atoms with E-state index in [1.807, 2.05) is 43.3 Å². The van der Waals surface area contributed by atoms with Crippen molar-refractivity contribution in [3.8, 4) is 5.75 Å². The summed E-state index contributed by atoms with van der Waals surface area (Å²) >= 11 is 0. The smallest absolute Gasteiger partial charge is 0.251 e. The highest BCUT2D eigenvalue weighted by Crippen LogP contribution is 2.11. The van der Waals surface area contributed by atoms with Gasteiger partial charge in [0.2, 0.25) is 0 Å². The van der Waals surface area contributed by atoms with E-state index in [1.165, 1.54) is 5.56 Å². The lowest BCUT2D eigenvalue weighted by molar-refractivity contribution is 0.0953. The number of ether oxygens (including phenoxy) is 1. The molecule has 0 heterocycles. The predicted molar refractivity (Wildman–Crippen MR) is 114 cm³/mol. The normalized spacial score (nSPS) is 11.0. The third-order valence-corrected chi connectivity index (χ3v) is 4.27. The number of methoxy groups -OCH3 is 1. The zero-order valence-corrected chi connectivity index (χ0v) is 16.9. The first-order valence-electron chi connectivity index (χ1n) is 9.60. The van der Waals surface area contributed by atoms with Gasteiger partial charge in [0.15, 0.2) is 5.96 Å². The minimum Gasteiger partial charge on any atom is -0.497 e. The summed E-state index contributed by atoms with van der Waals surface area (Å²) < 4.78 is 5.18. The second kappa shape index (κ2) is 11.6. The number of rotatable bonds is 9. The van der Waals surface area contributed by atoms with Gasteiger partial charge >= 0.3 is 0 Å². The summed E-state index contributed by atoms with van der Waals surface area (Å²) in [7, 11) is 3.41. The summed E-state index contributed by atoms with van der Waals surface area (Å²) in [6.45, 7) is 4.09. The Hall–Kier alpha value is -3.02. The van der Waals surface area contributed by atoms with E-state index < -0.39 is 0 Å². The van der Waals surface area contributed by atoms with Crippen LogP contribution in [0.3, 0.4) is 0 Å². The molecule has 0 spiro atoms. The largest absolute Gasteiger partial charge is 0.497 e. The lowest BCUT2D eigenvalue weighted by atomic mass is 10.1. The zero-order chi connectivity index (χ0) is 20.2. The molecule has 6 nitrogen and oxygen atoms in total. The molecule has 0 bridgehead atoms. The van der Waals surface area contributed by atoms with Gasteiger partial charge in [0.05, 0.1) is 7.11 Å². The van der Waals surface area contributed by atoms with Gasteiger partial charge in [0.1, 0.15) is 5.75 Å². The number of benzene rings is 2. The SMILES string of the molecule is CCCNC(=O)c1cccc(CNC(=NC)NCCc2ccc(OC)cc2)c1. The van der Waals surface area contributed by atoms with Crippen LogP contribution in [-0.2, 0) is 13.0 Å². The summed E-state index contributed by atoms with van der Waals surface area (Å²) in [6.07, 6.45) is 1.81. The molecule has 0 aromatic heterocycles. The molecule has 3 N–H and O–H groups in total. The lowest BCUT2D eigenvalue weighted by Crippen LogP contribution is -2.37. The molecule has 2 aromatic rings. The molecule has 2 rings (SSSR count). The number of guanidine groups is 1.